The van der Waals surface area contributed by atoms with E-state index in [2.05, 4.69) is 0 Å². The Labute approximate surface area is 85.0 Å². The summed E-state index contributed by atoms with van der Waals surface area (Å²) in [6.45, 7) is 3.83. The zero-order valence-electron chi connectivity index (χ0n) is 8.08. The van der Waals surface area contributed by atoms with E-state index in [4.69, 9.17) is 9.84 Å². The number of aliphatic hydroxyl groups excluding tert-OH is 1. The molecule has 0 rings (SSSR count). The lowest BCUT2D eigenvalue weighted by Gasteiger charge is -2.01. The summed E-state index contributed by atoms with van der Waals surface area (Å²) in [6, 6.07) is 0. The predicted molar refractivity (Wildman–Crippen MR) is 54.4 cm³/mol. The monoisotopic (exact) mass is 211 g/mol. The highest BCUT2D eigenvalue weighted by atomic mass is 35.5. The molecule has 0 aliphatic heterocycles. The summed E-state index contributed by atoms with van der Waals surface area (Å²) in [5.41, 5.74) is 0.600. The second kappa shape index (κ2) is 11.4. The Morgan fingerprint density at radius 3 is 2.46 bits per heavy atom. The van der Waals surface area contributed by atoms with Crippen molar-refractivity contribution in [3.8, 4) is 0 Å². The number of hydrogen-bond donors (Lipinski definition) is 2. The molecule has 0 aliphatic carbocycles. The van der Waals surface area contributed by atoms with Crippen LogP contribution in [0.25, 0.3) is 0 Å². The molecule has 5 heteroatoms. The number of rotatable bonds is 4. The first kappa shape index (κ1) is 18.3. The molecule has 0 fully saturated rings. The predicted octanol–water partition coefficient (Wildman–Crippen LogP) is 1.46. The largest absolute Gasteiger partial charge is 0.462 e. The third-order valence-electron chi connectivity index (χ3n) is 1.29. The number of hydrogen-bond acceptors (Lipinski definition) is 4. The van der Waals surface area contributed by atoms with Crippen LogP contribution in [0.5, 0.6) is 0 Å². The number of carbonyl (C=O) groups is 1. The number of esters is 1. The molecule has 0 aromatic rings. The molecule has 80 valence electrons. The van der Waals surface area contributed by atoms with Crippen LogP contribution < -0.4 is 6.15 Å². The smallest absolute Gasteiger partial charge is 0.333 e. The molecule has 0 saturated heterocycles. The van der Waals surface area contributed by atoms with Crippen molar-refractivity contribution in [3.05, 3.63) is 11.6 Å². The van der Waals surface area contributed by atoms with E-state index < -0.39 is 0 Å². The van der Waals surface area contributed by atoms with Gasteiger partial charge in [0.2, 0.25) is 0 Å². The number of carbonyl (C=O) groups excluding carboxylic acids is 1. The summed E-state index contributed by atoms with van der Waals surface area (Å²) < 4.78 is 4.77. The molecule has 13 heavy (non-hydrogen) atoms. The van der Waals surface area contributed by atoms with Gasteiger partial charge < -0.3 is 16.0 Å². The number of halogens is 1. The van der Waals surface area contributed by atoms with Gasteiger partial charge in [-0.2, -0.15) is 0 Å². The average molecular weight is 212 g/mol. The molecule has 0 unspecified atom stereocenters. The highest BCUT2D eigenvalue weighted by Gasteiger charge is 2.02. The Morgan fingerprint density at radius 1 is 1.54 bits per heavy atom. The molecular weight excluding hydrogens is 194 g/mol. The summed E-state index contributed by atoms with van der Waals surface area (Å²) in [5, 5.41) is 8.37. The van der Waals surface area contributed by atoms with E-state index in [9.17, 15) is 4.79 Å². The minimum atomic E-state index is -0.305. The van der Waals surface area contributed by atoms with Gasteiger partial charge >= 0.3 is 5.97 Å². The zero-order valence-corrected chi connectivity index (χ0v) is 8.89. The lowest BCUT2D eigenvalue weighted by Crippen LogP contribution is -2.07. The molecule has 0 radical (unpaired) electrons. The van der Waals surface area contributed by atoms with Crippen LogP contribution in [0.1, 0.15) is 20.3 Å². The average Bonchev–Trinajstić information content (AvgIpc) is 2.03. The van der Waals surface area contributed by atoms with Crippen LogP contribution in [-0.4, -0.2) is 24.3 Å². The fourth-order valence-corrected chi connectivity index (χ4v) is 0.461. The highest BCUT2D eigenvalue weighted by molar-refractivity contribution is 5.87. The molecule has 0 saturated carbocycles. The maximum Gasteiger partial charge on any atom is 0.333 e. The fourth-order valence-electron chi connectivity index (χ4n) is 0.461. The summed E-state index contributed by atoms with van der Waals surface area (Å²) in [5.74, 6) is -0.305. The molecule has 4 N–H and O–H groups in total. The van der Waals surface area contributed by atoms with Gasteiger partial charge in [0.25, 0.3) is 0 Å². The molecule has 0 bridgehead atoms. The van der Waals surface area contributed by atoms with E-state index in [0.717, 1.165) is 0 Å². The molecule has 0 aromatic carbocycles. The molecule has 0 atom stereocenters. The molecule has 0 aromatic heterocycles. The minimum absolute atomic E-state index is 0. The molecule has 0 spiro atoms. The van der Waals surface area contributed by atoms with Gasteiger partial charge in [0.1, 0.15) is 0 Å². The second-order valence-electron chi connectivity index (χ2n) is 2.18. The van der Waals surface area contributed by atoms with Crippen LogP contribution in [0.15, 0.2) is 11.6 Å². The quantitative estimate of drug-likeness (QED) is 0.419. The van der Waals surface area contributed by atoms with Crippen molar-refractivity contribution < 1.29 is 14.6 Å². The summed E-state index contributed by atoms with van der Waals surface area (Å²) in [4.78, 5) is 10.9. The molecule has 0 amide bonds. The number of allylic oxidation sites excluding steroid dienone is 1. The van der Waals surface area contributed by atoms with E-state index >= 15 is 0 Å². The topological polar surface area (TPSA) is 81.5 Å². The van der Waals surface area contributed by atoms with Gasteiger partial charge in [-0.25, -0.2) is 4.79 Å². The van der Waals surface area contributed by atoms with Crippen LogP contribution in [0.2, 0.25) is 0 Å². The molecular formula is C8H18ClNO3. The molecule has 0 aliphatic rings. The highest BCUT2D eigenvalue weighted by Crippen LogP contribution is 1.95. The van der Waals surface area contributed by atoms with Gasteiger partial charge in [-0.05, 0) is 13.8 Å². The lowest BCUT2D eigenvalue weighted by atomic mass is 10.3. The van der Waals surface area contributed by atoms with Crippen LogP contribution in [0.3, 0.4) is 0 Å². The van der Waals surface area contributed by atoms with Crippen molar-refractivity contribution in [1.82, 2.24) is 6.15 Å². The normalized spacial score (nSPS) is 9.62. The summed E-state index contributed by atoms with van der Waals surface area (Å²) >= 11 is 0. The fraction of sp³-hybridized carbons (Fsp3) is 0.625. The Hall–Kier alpha value is -0.580. The van der Waals surface area contributed by atoms with Crippen LogP contribution >= 0.6 is 12.4 Å². The Kier molecular flexibility index (Phi) is 16.0. The van der Waals surface area contributed by atoms with Crippen molar-refractivity contribution in [1.29, 1.82) is 0 Å². The van der Waals surface area contributed by atoms with Crippen molar-refractivity contribution in [2.75, 3.05) is 13.2 Å². The van der Waals surface area contributed by atoms with Gasteiger partial charge in [-0.1, -0.05) is 6.08 Å². The van der Waals surface area contributed by atoms with Gasteiger partial charge in [-0.15, -0.1) is 12.4 Å². The Morgan fingerprint density at radius 2 is 2.08 bits per heavy atom. The van der Waals surface area contributed by atoms with E-state index in [0.29, 0.717) is 18.6 Å². The standard InChI is InChI=1S/C8H14O3.ClH.H3N/c1-3-7(2)8(10)11-6-4-5-9;;/h3,9H,4-6H2,1-2H3;1H;1H3. The second-order valence-corrected chi connectivity index (χ2v) is 2.18. The van der Waals surface area contributed by atoms with Crippen LogP contribution in [-0.2, 0) is 9.53 Å². The van der Waals surface area contributed by atoms with Crippen LogP contribution in [0, 0.1) is 0 Å². The third-order valence-corrected chi connectivity index (χ3v) is 1.29. The molecule has 4 nitrogen and oxygen atoms in total. The maximum absolute atomic E-state index is 10.9. The van der Waals surface area contributed by atoms with Crippen molar-refractivity contribution in [2.45, 2.75) is 20.3 Å². The first-order valence-electron chi connectivity index (χ1n) is 3.63. The van der Waals surface area contributed by atoms with Crippen LogP contribution in [0.4, 0.5) is 0 Å². The Balaban J connectivity index is -0.000000500. The number of aliphatic hydroxyl groups is 1. The van der Waals surface area contributed by atoms with E-state index in [-0.39, 0.29) is 31.1 Å². The van der Waals surface area contributed by atoms with Crippen molar-refractivity contribution in [3.63, 3.8) is 0 Å². The van der Waals surface area contributed by atoms with Gasteiger partial charge in [0.15, 0.2) is 0 Å². The van der Waals surface area contributed by atoms with E-state index in [1.165, 1.54) is 0 Å². The van der Waals surface area contributed by atoms with Gasteiger partial charge in [0.05, 0.1) is 6.61 Å². The lowest BCUT2D eigenvalue weighted by molar-refractivity contribution is -0.139. The summed E-state index contributed by atoms with van der Waals surface area (Å²) in [7, 11) is 0. The van der Waals surface area contributed by atoms with E-state index in [1.54, 1.807) is 19.9 Å². The first-order chi connectivity index (χ1) is 5.22. The van der Waals surface area contributed by atoms with Crippen molar-refractivity contribution >= 4 is 18.4 Å². The zero-order chi connectivity index (χ0) is 8.69. The minimum Gasteiger partial charge on any atom is -0.462 e. The van der Waals surface area contributed by atoms with E-state index in [1.807, 2.05) is 0 Å². The number of ether oxygens (including phenoxy) is 1. The van der Waals surface area contributed by atoms with Gasteiger partial charge in [0, 0.05) is 18.6 Å². The first-order valence-corrected chi connectivity index (χ1v) is 3.63. The third kappa shape index (κ3) is 9.33. The molecule has 0 heterocycles. The summed E-state index contributed by atoms with van der Waals surface area (Å²) in [6.07, 6.45) is 2.20. The SMILES string of the molecule is CC=C(C)C(=O)OCCCO.Cl.N. The van der Waals surface area contributed by atoms with Gasteiger partial charge in [-0.3, -0.25) is 0 Å². The maximum atomic E-state index is 10.9. The van der Waals surface area contributed by atoms with Crippen molar-refractivity contribution in [2.24, 2.45) is 0 Å². The Bertz CT molecular complexity index is 159.